The molecule has 1 rings (SSSR count). The van der Waals surface area contributed by atoms with Crippen LogP contribution in [-0.4, -0.2) is 19.3 Å². The maximum Gasteiger partial charge on any atom is 0.0488 e. The summed E-state index contributed by atoms with van der Waals surface area (Å²) in [5, 5.41) is 0. The Morgan fingerprint density at radius 3 is 2.64 bits per heavy atom. The fourth-order valence-corrected chi connectivity index (χ4v) is 2.15. The molecule has 0 bridgehead atoms. The largest absolute Gasteiger partial charge is 0.381 e. The molecule has 0 aromatic carbocycles. The second-order valence-electron chi connectivity index (χ2n) is 4.97. The number of hydrogen-bond donors (Lipinski definition) is 1. The van der Waals surface area contributed by atoms with E-state index >= 15 is 0 Å². The number of rotatable bonds is 5. The molecule has 0 aliphatic heterocycles. The standard InChI is InChI=1S/C12H25NO/c1-10(2)9-14-8-7-11-5-3-4-6-12(11)13/h10-12H,3-9,13H2,1-2H3. The van der Waals surface area contributed by atoms with Gasteiger partial charge in [-0.2, -0.15) is 0 Å². The Kier molecular flexibility index (Phi) is 5.49. The third-order valence-electron chi connectivity index (χ3n) is 3.05. The lowest BCUT2D eigenvalue weighted by Crippen LogP contribution is -2.33. The fourth-order valence-electron chi connectivity index (χ4n) is 2.15. The van der Waals surface area contributed by atoms with E-state index in [4.69, 9.17) is 10.5 Å². The molecule has 0 aromatic rings. The minimum absolute atomic E-state index is 0.436. The van der Waals surface area contributed by atoms with Gasteiger partial charge in [0.05, 0.1) is 0 Å². The van der Waals surface area contributed by atoms with Crippen molar-refractivity contribution in [2.75, 3.05) is 13.2 Å². The monoisotopic (exact) mass is 199 g/mol. The zero-order chi connectivity index (χ0) is 10.4. The highest BCUT2D eigenvalue weighted by Gasteiger charge is 2.20. The summed E-state index contributed by atoms with van der Waals surface area (Å²) in [5.41, 5.74) is 6.07. The molecule has 2 atom stereocenters. The molecule has 84 valence electrons. The summed E-state index contributed by atoms with van der Waals surface area (Å²) in [4.78, 5) is 0. The summed E-state index contributed by atoms with van der Waals surface area (Å²) in [5.74, 6) is 1.37. The highest BCUT2D eigenvalue weighted by atomic mass is 16.5. The molecule has 2 unspecified atom stereocenters. The lowest BCUT2D eigenvalue weighted by molar-refractivity contribution is 0.0899. The molecule has 0 aromatic heterocycles. The van der Waals surface area contributed by atoms with Crippen molar-refractivity contribution in [1.82, 2.24) is 0 Å². The first kappa shape index (κ1) is 12.0. The molecule has 2 heteroatoms. The first-order valence-corrected chi connectivity index (χ1v) is 6.03. The zero-order valence-corrected chi connectivity index (χ0v) is 9.67. The molecule has 2 N–H and O–H groups in total. The minimum Gasteiger partial charge on any atom is -0.381 e. The molecule has 0 spiro atoms. The first-order valence-electron chi connectivity index (χ1n) is 6.03. The SMILES string of the molecule is CC(C)COCCC1CCCCC1N. The van der Waals surface area contributed by atoms with Gasteiger partial charge in [0.15, 0.2) is 0 Å². The molecule has 1 aliphatic carbocycles. The van der Waals surface area contributed by atoms with Crippen LogP contribution in [-0.2, 0) is 4.74 Å². The molecule has 1 aliphatic rings. The lowest BCUT2D eigenvalue weighted by atomic mass is 9.83. The summed E-state index contributed by atoms with van der Waals surface area (Å²) in [6.07, 6.45) is 6.38. The highest BCUT2D eigenvalue weighted by Crippen LogP contribution is 2.25. The van der Waals surface area contributed by atoms with Gasteiger partial charge in [0.25, 0.3) is 0 Å². The minimum atomic E-state index is 0.436. The molecule has 14 heavy (non-hydrogen) atoms. The Labute approximate surface area is 88.2 Å². The van der Waals surface area contributed by atoms with Crippen molar-refractivity contribution in [1.29, 1.82) is 0 Å². The first-order chi connectivity index (χ1) is 6.70. The van der Waals surface area contributed by atoms with Crippen molar-refractivity contribution in [2.45, 2.75) is 52.0 Å². The van der Waals surface area contributed by atoms with Crippen LogP contribution in [0.15, 0.2) is 0 Å². The molecule has 1 saturated carbocycles. The maximum atomic E-state index is 6.07. The van der Waals surface area contributed by atoms with Crippen molar-refractivity contribution in [3.8, 4) is 0 Å². The summed E-state index contributed by atoms with van der Waals surface area (Å²) in [6.45, 7) is 6.16. The van der Waals surface area contributed by atoms with Crippen LogP contribution in [0, 0.1) is 11.8 Å². The summed E-state index contributed by atoms with van der Waals surface area (Å²) >= 11 is 0. The van der Waals surface area contributed by atoms with Crippen molar-refractivity contribution < 1.29 is 4.74 Å². The van der Waals surface area contributed by atoms with E-state index in [1.807, 2.05) is 0 Å². The Morgan fingerprint density at radius 1 is 1.29 bits per heavy atom. The summed E-state index contributed by atoms with van der Waals surface area (Å²) in [7, 11) is 0. The topological polar surface area (TPSA) is 35.2 Å². The van der Waals surface area contributed by atoms with Gasteiger partial charge in [-0.05, 0) is 31.1 Å². The molecule has 0 saturated heterocycles. The van der Waals surface area contributed by atoms with Crippen LogP contribution in [0.25, 0.3) is 0 Å². The van der Waals surface area contributed by atoms with Crippen molar-refractivity contribution >= 4 is 0 Å². The van der Waals surface area contributed by atoms with Gasteiger partial charge in [-0.1, -0.05) is 26.7 Å². The van der Waals surface area contributed by atoms with E-state index in [2.05, 4.69) is 13.8 Å². The van der Waals surface area contributed by atoms with Crippen LogP contribution in [0.3, 0.4) is 0 Å². The van der Waals surface area contributed by atoms with Gasteiger partial charge in [0, 0.05) is 19.3 Å². The van der Waals surface area contributed by atoms with E-state index in [0.717, 1.165) is 25.6 Å². The predicted octanol–water partition coefficient (Wildman–Crippen LogP) is 2.57. The molecular formula is C12H25NO. The second kappa shape index (κ2) is 6.41. The van der Waals surface area contributed by atoms with Crippen LogP contribution < -0.4 is 5.73 Å². The van der Waals surface area contributed by atoms with Gasteiger partial charge in [-0.25, -0.2) is 0 Å². The van der Waals surface area contributed by atoms with Gasteiger partial charge in [0.1, 0.15) is 0 Å². The average Bonchev–Trinajstić information content (AvgIpc) is 2.15. The van der Waals surface area contributed by atoms with Crippen LogP contribution in [0.2, 0.25) is 0 Å². The Balaban J connectivity index is 2.04. The Morgan fingerprint density at radius 2 is 2.00 bits per heavy atom. The third-order valence-corrected chi connectivity index (χ3v) is 3.05. The van der Waals surface area contributed by atoms with Gasteiger partial charge in [0.2, 0.25) is 0 Å². The molecule has 1 fully saturated rings. The van der Waals surface area contributed by atoms with Gasteiger partial charge < -0.3 is 10.5 Å². The van der Waals surface area contributed by atoms with Gasteiger partial charge >= 0.3 is 0 Å². The number of hydrogen-bond acceptors (Lipinski definition) is 2. The van der Waals surface area contributed by atoms with E-state index < -0.39 is 0 Å². The lowest BCUT2D eigenvalue weighted by Gasteiger charge is -2.28. The smallest absolute Gasteiger partial charge is 0.0488 e. The quantitative estimate of drug-likeness (QED) is 0.691. The van der Waals surface area contributed by atoms with Gasteiger partial charge in [-0.15, -0.1) is 0 Å². The van der Waals surface area contributed by atoms with E-state index in [-0.39, 0.29) is 0 Å². The highest BCUT2D eigenvalue weighted by molar-refractivity contribution is 4.77. The average molecular weight is 199 g/mol. The summed E-state index contributed by atoms with van der Waals surface area (Å²) < 4.78 is 5.59. The Bertz CT molecular complexity index is 147. The third kappa shape index (κ3) is 4.43. The summed E-state index contributed by atoms with van der Waals surface area (Å²) in [6, 6.07) is 0.436. The number of nitrogens with two attached hydrogens (primary N) is 1. The van der Waals surface area contributed by atoms with Gasteiger partial charge in [-0.3, -0.25) is 0 Å². The van der Waals surface area contributed by atoms with Crippen LogP contribution in [0.4, 0.5) is 0 Å². The predicted molar refractivity (Wildman–Crippen MR) is 60.2 cm³/mol. The molecule has 0 heterocycles. The fraction of sp³-hybridized carbons (Fsp3) is 1.00. The maximum absolute atomic E-state index is 6.07. The molecule has 2 nitrogen and oxygen atoms in total. The second-order valence-corrected chi connectivity index (χ2v) is 4.97. The van der Waals surface area contributed by atoms with E-state index in [1.54, 1.807) is 0 Å². The normalized spacial score (nSPS) is 28.3. The molecule has 0 amide bonds. The Hall–Kier alpha value is -0.0800. The van der Waals surface area contributed by atoms with E-state index in [1.165, 1.54) is 25.7 Å². The van der Waals surface area contributed by atoms with Crippen LogP contribution >= 0.6 is 0 Å². The van der Waals surface area contributed by atoms with Crippen molar-refractivity contribution in [2.24, 2.45) is 17.6 Å². The van der Waals surface area contributed by atoms with Crippen LogP contribution in [0.5, 0.6) is 0 Å². The van der Waals surface area contributed by atoms with Crippen LogP contribution in [0.1, 0.15) is 46.0 Å². The zero-order valence-electron chi connectivity index (χ0n) is 9.67. The van der Waals surface area contributed by atoms with E-state index in [0.29, 0.717) is 12.0 Å². The van der Waals surface area contributed by atoms with Crippen molar-refractivity contribution in [3.63, 3.8) is 0 Å². The van der Waals surface area contributed by atoms with Crippen molar-refractivity contribution in [3.05, 3.63) is 0 Å². The molecule has 0 radical (unpaired) electrons. The number of ether oxygens (including phenoxy) is 1. The molecular weight excluding hydrogens is 174 g/mol. The van der Waals surface area contributed by atoms with E-state index in [9.17, 15) is 0 Å².